The molecule has 1 saturated carbocycles. The second-order valence-electron chi connectivity index (χ2n) is 6.50. The van der Waals surface area contributed by atoms with Gasteiger partial charge in [-0.15, -0.1) is 0 Å². The Morgan fingerprint density at radius 3 is 2.48 bits per heavy atom. The number of benzene rings is 1. The highest BCUT2D eigenvalue weighted by Gasteiger charge is 2.34. The number of nitrogens with one attached hydrogen (secondary N) is 1. The minimum absolute atomic E-state index is 0.0348. The van der Waals surface area contributed by atoms with Crippen LogP contribution in [-0.2, 0) is 17.8 Å². The van der Waals surface area contributed by atoms with E-state index in [-0.39, 0.29) is 6.04 Å². The zero-order valence-corrected chi connectivity index (χ0v) is 12.4. The summed E-state index contributed by atoms with van der Waals surface area (Å²) in [6.07, 6.45) is 3.54. The van der Waals surface area contributed by atoms with Gasteiger partial charge < -0.3 is 10.2 Å². The van der Waals surface area contributed by atoms with Gasteiger partial charge >= 0.3 is 0 Å². The number of hydrogen-bond donors (Lipinski definition) is 1. The summed E-state index contributed by atoms with van der Waals surface area (Å²) < 4.78 is 0. The Morgan fingerprint density at radius 2 is 1.76 bits per heavy atom. The third kappa shape index (κ3) is 2.70. The van der Waals surface area contributed by atoms with Crippen LogP contribution < -0.4 is 5.32 Å². The summed E-state index contributed by atoms with van der Waals surface area (Å²) in [4.78, 5) is 17.3. The van der Waals surface area contributed by atoms with Crippen LogP contribution in [0.15, 0.2) is 24.3 Å². The first-order valence-electron chi connectivity index (χ1n) is 8.14. The summed E-state index contributed by atoms with van der Waals surface area (Å²) in [7, 11) is 0. The fraction of sp³-hybridized carbons (Fsp3) is 0.588. The smallest absolute Gasteiger partial charge is 0.240 e. The van der Waals surface area contributed by atoms with E-state index in [1.165, 1.54) is 24.0 Å². The van der Waals surface area contributed by atoms with Crippen LogP contribution in [0.5, 0.6) is 0 Å². The molecule has 3 aliphatic rings. The molecular formula is C17H23N3O. The summed E-state index contributed by atoms with van der Waals surface area (Å²) in [5.41, 5.74) is 2.66. The Balaban J connectivity index is 1.37. The molecule has 0 spiro atoms. The highest BCUT2D eigenvalue weighted by molar-refractivity contribution is 5.82. The zero-order valence-electron chi connectivity index (χ0n) is 12.4. The highest BCUT2D eigenvalue weighted by atomic mass is 16.2. The molecule has 112 valence electrons. The second-order valence-corrected chi connectivity index (χ2v) is 6.50. The third-order valence-electron chi connectivity index (χ3n) is 5.07. The van der Waals surface area contributed by atoms with Gasteiger partial charge in [0.15, 0.2) is 0 Å². The first kappa shape index (κ1) is 13.3. The molecular weight excluding hydrogens is 262 g/mol. The molecule has 4 heteroatoms. The predicted octanol–water partition coefficient (Wildman–Crippen LogP) is 1.01. The first-order valence-corrected chi connectivity index (χ1v) is 8.14. The van der Waals surface area contributed by atoms with Crippen LogP contribution >= 0.6 is 0 Å². The third-order valence-corrected chi connectivity index (χ3v) is 5.07. The van der Waals surface area contributed by atoms with Gasteiger partial charge in [0, 0.05) is 38.8 Å². The monoisotopic (exact) mass is 285 g/mol. The lowest BCUT2D eigenvalue weighted by Crippen LogP contribution is -2.55. The van der Waals surface area contributed by atoms with Gasteiger partial charge in [0.25, 0.3) is 0 Å². The maximum absolute atomic E-state index is 12.7. The number of piperazine rings is 1. The summed E-state index contributed by atoms with van der Waals surface area (Å²) in [6, 6.07) is 9.23. The van der Waals surface area contributed by atoms with Crippen molar-refractivity contribution in [2.75, 3.05) is 26.2 Å². The number of nitrogens with zero attached hydrogens (tertiary/aromatic N) is 2. The Bertz CT molecular complexity index is 533. The maximum atomic E-state index is 12.7. The molecule has 1 atom stereocenters. The summed E-state index contributed by atoms with van der Waals surface area (Å²) in [5.74, 6) is 0.292. The fourth-order valence-electron chi connectivity index (χ4n) is 3.60. The minimum atomic E-state index is -0.0348. The van der Waals surface area contributed by atoms with E-state index < -0.39 is 0 Å². The second kappa shape index (κ2) is 5.43. The Hall–Kier alpha value is -1.39. The molecule has 0 radical (unpaired) electrons. The van der Waals surface area contributed by atoms with Crippen molar-refractivity contribution < 1.29 is 4.79 Å². The average molecular weight is 285 g/mol. The van der Waals surface area contributed by atoms with E-state index in [0.717, 1.165) is 45.2 Å². The Labute approximate surface area is 126 Å². The number of carbonyl (C=O) groups excluding carboxylic acids is 1. The van der Waals surface area contributed by atoms with Gasteiger partial charge in [0.05, 0.1) is 6.04 Å². The van der Waals surface area contributed by atoms with Gasteiger partial charge in [0.1, 0.15) is 0 Å². The van der Waals surface area contributed by atoms with E-state index >= 15 is 0 Å². The molecule has 21 heavy (non-hydrogen) atoms. The number of carbonyl (C=O) groups is 1. The van der Waals surface area contributed by atoms with Crippen molar-refractivity contribution in [3.05, 3.63) is 35.4 Å². The molecule has 1 saturated heterocycles. The van der Waals surface area contributed by atoms with Crippen molar-refractivity contribution in [1.29, 1.82) is 0 Å². The van der Waals surface area contributed by atoms with E-state index in [2.05, 4.69) is 39.4 Å². The van der Waals surface area contributed by atoms with Crippen LogP contribution in [0.2, 0.25) is 0 Å². The standard InChI is InChI=1S/C17H23N3O/c21-17(20-9-7-19(8-10-20)15-5-6-15)16-11-13-3-1-2-4-14(13)12-18-16/h1-4,15-16,18H,5-12H2. The SMILES string of the molecule is O=C(C1Cc2ccccc2CN1)N1CCN(C2CC2)CC1. The number of hydrogen-bond acceptors (Lipinski definition) is 3. The fourth-order valence-corrected chi connectivity index (χ4v) is 3.60. The Kier molecular flexibility index (Phi) is 3.43. The lowest BCUT2D eigenvalue weighted by atomic mass is 9.95. The van der Waals surface area contributed by atoms with E-state index in [4.69, 9.17) is 0 Å². The van der Waals surface area contributed by atoms with Gasteiger partial charge in [-0.25, -0.2) is 0 Å². The molecule has 1 unspecified atom stereocenters. The molecule has 0 bridgehead atoms. The van der Waals surface area contributed by atoms with E-state index in [1.54, 1.807) is 0 Å². The van der Waals surface area contributed by atoms with E-state index in [9.17, 15) is 4.79 Å². The largest absolute Gasteiger partial charge is 0.339 e. The topological polar surface area (TPSA) is 35.6 Å². The predicted molar refractivity (Wildman–Crippen MR) is 81.9 cm³/mol. The van der Waals surface area contributed by atoms with Crippen LogP contribution in [0.1, 0.15) is 24.0 Å². The molecule has 4 nitrogen and oxygen atoms in total. The van der Waals surface area contributed by atoms with Gasteiger partial charge in [0.2, 0.25) is 5.91 Å². The van der Waals surface area contributed by atoms with Gasteiger partial charge in [-0.2, -0.15) is 0 Å². The first-order chi connectivity index (χ1) is 10.3. The van der Waals surface area contributed by atoms with Crippen molar-refractivity contribution in [2.24, 2.45) is 0 Å². The quantitative estimate of drug-likeness (QED) is 0.881. The molecule has 1 amide bonds. The number of amides is 1. The van der Waals surface area contributed by atoms with Crippen molar-refractivity contribution in [3.8, 4) is 0 Å². The molecule has 1 aliphatic carbocycles. The molecule has 1 aromatic carbocycles. The van der Waals surface area contributed by atoms with E-state index in [1.807, 2.05) is 0 Å². The Morgan fingerprint density at radius 1 is 1.05 bits per heavy atom. The van der Waals surface area contributed by atoms with E-state index in [0.29, 0.717) is 5.91 Å². The van der Waals surface area contributed by atoms with Crippen molar-refractivity contribution in [1.82, 2.24) is 15.1 Å². The molecule has 2 fully saturated rings. The van der Waals surface area contributed by atoms with Crippen LogP contribution in [0.3, 0.4) is 0 Å². The molecule has 1 aromatic rings. The maximum Gasteiger partial charge on any atom is 0.240 e. The average Bonchev–Trinajstić information content (AvgIpc) is 3.39. The van der Waals surface area contributed by atoms with Crippen molar-refractivity contribution in [3.63, 3.8) is 0 Å². The molecule has 2 aliphatic heterocycles. The zero-order chi connectivity index (χ0) is 14.2. The molecule has 2 heterocycles. The van der Waals surface area contributed by atoms with Gasteiger partial charge in [-0.1, -0.05) is 24.3 Å². The van der Waals surface area contributed by atoms with Crippen LogP contribution in [0.25, 0.3) is 0 Å². The van der Waals surface area contributed by atoms with Crippen LogP contribution in [0.4, 0.5) is 0 Å². The molecule has 4 rings (SSSR count). The lowest BCUT2D eigenvalue weighted by Gasteiger charge is -2.37. The molecule has 1 N–H and O–H groups in total. The minimum Gasteiger partial charge on any atom is -0.339 e. The van der Waals surface area contributed by atoms with Crippen LogP contribution in [0, 0.1) is 0 Å². The lowest BCUT2D eigenvalue weighted by molar-refractivity contribution is -0.135. The summed E-state index contributed by atoms with van der Waals surface area (Å²) >= 11 is 0. The highest BCUT2D eigenvalue weighted by Crippen LogP contribution is 2.27. The van der Waals surface area contributed by atoms with Crippen molar-refractivity contribution >= 4 is 5.91 Å². The molecule has 0 aromatic heterocycles. The van der Waals surface area contributed by atoms with Gasteiger partial charge in [-0.05, 0) is 30.4 Å². The number of fused-ring (bicyclic) bond motifs is 1. The summed E-state index contributed by atoms with van der Waals surface area (Å²) in [6.45, 7) is 4.72. The normalized spacial score (nSPS) is 26.5. The van der Waals surface area contributed by atoms with Crippen molar-refractivity contribution in [2.45, 2.75) is 37.9 Å². The van der Waals surface area contributed by atoms with Gasteiger partial charge in [-0.3, -0.25) is 9.69 Å². The number of rotatable bonds is 2. The summed E-state index contributed by atoms with van der Waals surface area (Å²) in [5, 5.41) is 3.41. The van der Waals surface area contributed by atoms with Crippen LogP contribution in [-0.4, -0.2) is 54.0 Å².